The Bertz CT molecular complexity index is 437. The number of ether oxygens (including phenoxy) is 2. The molecule has 1 saturated heterocycles. The summed E-state index contributed by atoms with van der Waals surface area (Å²) in [6.45, 7) is 3.28. The fourth-order valence-corrected chi connectivity index (χ4v) is 3.12. The average Bonchev–Trinajstić information content (AvgIpc) is 2.54. The Kier molecular flexibility index (Phi) is 6.33. The van der Waals surface area contributed by atoms with E-state index in [4.69, 9.17) is 9.47 Å². The first kappa shape index (κ1) is 16.1. The molecular formula is C17H28N2O2. The molecule has 4 heteroatoms. The molecule has 1 aliphatic heterocycles. The SMILES string of the molecule is CNCCC1CCCCN1Cc1ccc(OC)c(OC)c1. The molecule has 0 amide bonds. The Balaban J connectivity index is 2.04. The predicted octanol–water partition coefficient (Wildman–Crippen LogP) is 2.67. The maximum absolute atomic E-state index is 5.40. The van der Waals surface area contributed by atoms with Crippen molar-refractivity contribution in [3.8, 4) is 11.5 Å². The van der Waals surface area contributed by atoms with Crippen LogP contribution in [0.25, 0.3) is 0 Å². The number of methoxy groups -OCH3 is 2. The van der Waals surface area contributed by atoms with Crippen LogP contribution in [0.2, 0.25) is 0 Å². The zero-order valence-corrected chi connectivity index (χ0v) is 13.5. The molecule has 21 heavy (non-hydrogen) atoms. The third kappa shape index (κ3) is 4.35. The number of piperidine rings is 1. The highest BCUT2D eigenvalue weighted by atomic mass is 16.5. The van der Waals surface area contributed by atoms with E-state index < -0.39 is 0 Å². The normalized spacial score (nSPS) is 19.5. The molecule has 0 saturated carbocycles. The molecule has 118 valence electrons. The minimum Gasteiger partial charge on any atom is -0.493 e. The quantitative estimate of drug-likeness (QED) is 0.838. The van der Waals surface area contributed by atoms with Gasteiger partial charge in [-0.25, -0.2) is 0 Å². The van der Waals surface area contributed by atoms with Gasteiger partial charge in [0.05, 0.1) is 14.2 Å². The predicted molar refractivity (Wildman–Crippen MR) is 86.1 cm³/mol. The minimum absolute atomic E-state index is 0.694. The van der Waals surface area contributed by atoms with Crippen LogP contribution >= 0.6 is 0 Å². The molecule has 1 atom stereocenters. The Labute approximate surface area is 128 Å². The summed E-state index contributed by atoms with van der Waals surface area (Å²) in [6.07, 6.45) is 5.21. The van der Waals surface area contributed by atoms with Gasteiger partial charge >= 0.3 is 0 Å². The molecule has 0 bridgehead atoms. The molecule has 0 aromatic heterocycles. The molecule has 0 spiro atoms. The van der Waals surface area contributed by atoms with E-state index in [2.05, 4.69) is 22.3 Å². The van der Waals surface area contributed by atoms with E-state index in [1.165, 1.54) is 37.8 Å². The van der Waals surface area contributed by atoms with Crippen molar-refractivity contribution in [3.05, 3.63) is 23.8 Å². The topological polar surface area (TPSA) is 33.7 Å². The van der Waals surface area contributed by atoms with E-state index in [0.717, 1.165) is 24.6 Å². The number of nitrogens with zero attached hydrogens (tertiary/aromatic N) is 1. The first-order valence-electron chi connectivity index (χ1n) is 7.88. The fraction of sp³-hybridized carbons (Fsp3) is 0.647. The van der Waals surface area contributed by atoms with Crippen LogP contribution in [0.15, 0.2) is 18.2 Å². The summed E-state index contributed by atoms with van der Waals surface area (Å²) in [4.78, 5) is 2.61. The van der Waals surface area contributed by atoms with Gasteiger partial charge < -0.3 is 14.8 Å². The molecule has 1 unspecified atom stereocenters. The lowest BCUT2D eigenvalue weighted by molar-refractivity contribution is 0.132. The van der Waals surface area contributed by atoms with Gasteiger partial charge in [-0.1, -0.05) is 12.5 Å². The van der Waals surface area contributed by atoms with Crippen LogP contribution in [0.4, 0.5) is 0 Å². The lowest BCUT2D eigenvalue weighted by atomic mass is 9.98. The molecule has 0 aliphatic carbocycles. The summed E-state index contributed by atoms with van der Waals surface area (Å²) in [5.41, 5.74) is 1.30. The van der Waals surface area contributed by atoms with Gasteiger partial charge in [-0.2, -0.15) is 0 Å². The lowest BCUT2D eigenvalue weighted by Gasteiger charge is -2.36. The fourth-order valence-electron chi connectivity index (χ4n) is 3.12. The Hall–Kier alpha value is -1.26. The number of likely N-dealkylation sites (tertiary alicyclic amines) is 1. The highest BCUT2D eigenvalue weighted by Crippen LogP contribution is 2.29. The van der Waals surface area contributed by atoms with Crippen molar-refractivity contribution in [2.24, 2.45) is 0 Å². The van der Waals surface area contributed by atoms with Gasteiger partial charge in [0.25, 0.3) is 0 Å². The molecule has 1 heterocycles. The van der Waals surface area contributed by atoms with Gasteiger partial charge in [0, 0.05) is 12.6 Å². The van der Waals surface area contributed by atoms with Crippen LogP contribution in [-0.2, 0) is 6.54 Å². The maximum atomic E-state index is 5.40. The first-order chi connectivity index (χ1) is 10.3. The van der Waals surface area contributed by atoms with Crippen molar-refractivity contribution in [3.63, 3.8) is 0 Å². The number of nitrogens with one attached hydrogen (secondary N) is 1. The van der Waals surface area contributed by atoms with Crippen molar-refractivity contribution in [2.45, 2.75) is 38.3 Å². The number of hydrogen-bond acceptors (Lipinski definition) is 4. The maximum Gasteiger partial charge on any atom is 0.161 e. The summed E-state index contributed by atoms with van der Waals surface area (Å²) < 4.78 is 10.7. The van der Waals surface area contributed by atoms with Crippen LogP contribution in [0.3, 0.4) is 0 Å². The van der Waals surface area contributed by atoms with Crippen LogP contribution in [0, 0.1) is 0 Å². The second-order valence-corrected chi connectivity index (χ2v) is 5.70. The standard InChI is InChI=1S/C17H28N2O2/c1-18-10-9-15-6-4-5-11-19(15)13-14-7-8-16(20-2)17(12-14)21-3/h7-8,12,15,18H,4-6,9-11,13H2,1-3H3. The van der Waals surface area contributed by atoms with E-state index in [0.29, 0.717) is 6.04 Å². The van der Waals surface area contributed by atoms with Gasteiger partial charge in [-0.3, -0.25) is 4.90 Å². The van der Waals surface area contributed by atoms with E-state index in [1.54, 1.807) is 14.2 Å². The van der Waals surface area contributed by atoms with Crippen molar-refractivity contribution in [1.29, 1.82) is 0 Å². The molecule has 1 aromatic rings. The summed E-state index contributed by atoms with van der Waals surface area (Å²) in [7, 11) is 5.40. The van der Waals surface area contributed by atoms with Crippen LogP contribution < -0.4 is 14.8 Å². The molecule has 4 nitrogen and oxygen atoms in total. The van der Waals surface area contributed by atoms with E-state index in [9.17, 15) is 0 Å². The van der Waals surface area contributed by atoms with Crippen LogP contribution in [-0.4, -0.2) is 45.3 Å². The van der Waals surface area contributed by atoms with Crippen molar-refractivity contribution >= 4 is 0 Å². The monoisotopic (exact) mass is 292 g/mol. The van der Waals surface area contributed by atoms with Crippen LogP contribution in [0.1, 0.15) is 31.2 Å². The van der Waals surface area contributed by atoms with Gasteiger partial charge in [0.2, 0.25) is 0 Å². The first-order valence-corrected chi connectivity index (χ1v) is 7.88. The minimum atomic E-state index is 0.694. The second-order valence-electron chi connectivity index (χ2n) is 5.70. The zero-order valence-electron chi connectivity index (χ0n) is 13.5. The van der Waals surface area contributed by atoms with Gasteiger partial charge in [0.15, 0.2) is 11.5 Å². The van der Waals surface area contributed by atoms with Gasteiger partial charge in [-0.15, -0.1) is 0 Å². The van der Waals surface area contributed by atoms with Gasteiger partial charge in [-0.05, 0) is 57.1 Å². The number of rotatable bonds is 7. The summed E-state index contributed by atoms with van der Waals surface area (Å²) in [5.74, 6) is 1.62. The Morgan fingerprint density at radius 3 is 2.71 bits per heavy atom. The highest BCUT2D eigenvalue weighted by molar-refractivity contribution is 5.42. The highest BCUT2D eigenvalue weighted by Gasteiger charge is 2.22. The third-order valence-electron chi connectivity index (χ3n) is 4.31. The summed E-state index contributed by atoms with van der Waals surface area (Å²) in [6, 6.07) is 6.94. The largest absolute Gasteiger partial charge is 0.493 e. The van der Waals surface area contributed by atoms with Crippen molar-refractivity contribution in [1.82, 2.24) is 10.2 Å². The molecule has 2 rings (SSSR count). The molecular weight excluding hydrogens is 264 g/mol. The zero-order chi connectivity index (χ0) is 15.1. The van der Waals surface area contributed by atoms with Crippen molar-refractivity contribution in [2.75, 3.05) is 34.4 Å². The molecule has 1 aliphatic rings. The smallest absolute Gasteiger partial charge is 0.161 e. The van der Waals surface area contributed by atoms with E-state index in [1.807, 2.05) is 13.1 Å². The summed E-state index contributed by atoms with van der Waals surface area (Å²) >= 11 is 0. The number of benzene rings is 1. The van der Waals surface area contributed by atoms with Gasteiger partial charge in [0.1, 0.15) is 0 Å². The van der Waals surface area contributed by atoms with E-state index >= 15 is 0 Å². The average molecular weight is 292 g/mol. The molecule has 1 fully saturated rings. The lowest BCUT2D eigenvalue weighted by Crippen LogP contribution is -2.40. The Morgan fingerprint density at radius 1 is 1.19 bits per heavy atom. The number of hydrogen-bond donors (Lipinski definition) is 1. The van der Waals surface area contributed by atoms with Crippen LogP contribution in [0.5, 0.6) is 11.5 Å². The second kappa shape index (κ2) is 8.25. The Morgan fingerprint density at radius 2 is 2.00 bits per heavy atom. The third-order valence-corrected chi connectivity index (χ3v) is 4.31. The van der Waals surface area contributed by atoms with Crippen molar-refractivity contribution < 1.29 is 9.47 Å². The molecule has 1 N–H and O–H groups in total. The molecule has 0 radical (unpaired) electrons. The summed E-state index contributed by atoms with van der Waals surface area (Å²) in [5, 5.41) is 3.27. The molecule has 1 aromatic carbocycles. The van der Waals surface area contributed by atoms with E-state index in [-0.39, 0.29) is 0 Å².